The van der Waals surface area contributed by atoms with Gasteiger partial charge < -0.3 is 9.88 Å². The van der Waals surface area contributed by atoms with Crippen LogP contribution < -0.4 is 0 Å². The molecule has 1 aliphatic rings. The summed E-state index contributed by atoms with van der Waals surface area (Å²) in [6.45, 7) is 4.44. The van der Waals surface area contributed by atoms with Gasteiger partial charge in [0, 0.05) is 45.2 Å². The predicted molar refractivity (Wildman–Crippen MR) is 129 cm³/mol. The van der Waals surface area contributed by atoms with Crippen molar-refractivity contribution in [2.45, 2.75) is 25.9 Å². The molecule has 3 aromatic carbocycles. The normalized spacial score (nSPS) is 16.4. The van der Waals surface area contributed by atoms with Gasteiger partial charge in [0.2, 0.25) is 5.91 Å². The SMILES string of the molecule is CC(=O)N(C)C1CCN(Cc2ccc(-c3cccc(-c4nc5ccc(F)cc5[nH]4)c3)cc2)C1. The van der Waals surface area contributed by atoms with Gasteiger partial charge in [0.05, 0.1) is 11.0 Å². The smallest absolute Gasteiger partial charge is 0.219 e. The monoisotopic (exact) mass is 442 g/mol. The average molecular weight is 443 g/mol. The molecule has 1 aromatic heterocycles. The molecule has 4 aromatic rings. The van der Waals surface area contributed by atoms with E-state index in [0.717, 1.165) is 54.1 Å². The first-order valence-corrected chi connectivity index (χ1v) is 11.3. The number of likely N-dealkylation sites (N-methyl/N-ethyl adjacent to an activating group) is 1. The zero-order valence-corrected chi connectivity index (χ0v) is 18.9. The molecule has 33 heavy (non-hydrogen) atoms. The minimum atomic E-state index is -0.276. The van der Waals surface area contributed by atoms with Gasteiger partial charge in [0.1, 0.15) is 11.6 Å². The number of likely N-dealkylation sites (tertiary alicyclic amines) is 1. The van der Waals surface area contributed by atoms with Gasteiger partial charge in [-0.15, -0.1) is 0 Å². The quantitative estimate of drug-likeness (QED) is 0.469. The number of halogens is 1. The lowest BCUT2D eigenvalue weighted by molar-refractivity contribution is -0.129. The Balaban J connectivity index is 1.30. The molecule has 0 saturated carbocycles. The fourth-order valence-corrected chi connectivity index (χ4v) is 4.55. The van der Waals surface area contributed by atoms with Crippen LogP contribution >= 0.6 is 0 Å². The highest BCUT2D eigenvalue weighted by atomic mass is 19.1. The molecule has 1 amide bonds. The first-order valence-electron chi connectivity index (χ1n) is 11.3. The van der Waals surface area contributed by atoms with E-state index in [4.69, 9.17) is 0 Å². The molecular formula is C27H27FN4O. The molecule has 1 unspecified atom stereocenters. The zero-order chi connectivity index (χ0) is 22.9. The molecule has 1 N–H and O–H groups in total. The van der Waals surface area contributed by atoms with E-state index in [1.165, 1.54) is 17.7 Å². The maximum Gasteiger partial charge on any atom is 0.219 e. The second-order valence-corrected chi connectivity index (χ2v) is 8.83. The van der Waals surface area contributed by atoms with Gasteiger partial charge in [-0.05, 0) is 47.4 Å². The van der Waals surface area contributed by atoms with Crippen molar-refractivity contribution in [3.05, 3.63) is 78.1 Å². The third-order valence-electron chi connectivity index (χ3n) is 6.57. The summed E-state index contributed by atoms with van der Waals surface area (Å²) >= 11 is 0. The molecule has 0 aliphatic carbocycles. The molecule has 5 nitrogen and oxygen atoms in total. The van der Waals surface area contributed by atoms with Crippen LogP contribution in [0.4, 0.5) is 4.39 Å². The van der Waals surface area contributed by atoms with E-state index in [-0.39, 0.29) is 11.7 Å². The van der Waals surface area contributed by atoms with Crippen LogP contribution in [0.3, 0.4) is 0 Å². The van der Waals surface area contributed by atoms with Crippen LogP contribution in [0.25, 0.3) is 33.5 Å². The van der Waals surface area contributed by atoms with Crippen LogP contribution in [0, 0.1) is 5.82 Å². The van der Waals surface area contributed by atoms with Crippen LogP contribution in [0.5, 0.6) is 0 Å². The number of aromatic amines is 1. The molecule has 6 heteroatoms. The molecule has 168 valence electrons. The molecule has 0 spiro atoms. The summed E-state index contributed by atoms with van der Waals surface area (Å²) in [7, 11) is 1.89. The minimum Gasteiger partial charge on any atom is -0.342 e. The fourth-order valence-electron chi connectivity index (χ4n) is 4.55. The number of aromatic nitrogens is 2. The Kier molecular flexibility index (Phi) is 5.68. The Morgan fingerprint density at radius 3 is 2.67 bits per heavy atom. The Morgan fingerprint density at radius 1 is 1.09 bits per heavy atom. The summed E-state index contributed by atoms with van der Waals surface area (Å²) in [4.78, 5) is 23.7. The Morgan fingerprint density at radius 2 is 1.88 bits per heavy atom. The number of hydrogen-bond donors (Lipinski definition) is 1. The van der Waals surface area contributed by atoms with Crippen LogP contribution in [0.15, 0.2) is 66.7 Å². The van der Waals surface area contributed by atoms with Gasteiger partial charge in [-0.3, -0.25) is 9.69 Å². The van der Waals surface area contributed by atoms with Crippen LogP contribution in [-0.4, -0.2) is 51.9 Å². The van der Waals surface area contributed by atoms with Crippen molar-refractivity contribution < 1.29 is 9.18 Å². The Labute approximate surface area is 192 Å². The van der Waals surface area contributed by atoms with E-state index in [0.29, 0.717) is 11.6 Å². The van der Waals surface area contributed by atoms with Crippen LogP contribution in [0.2, 0.25) is 0 Å². The minimum absolute atomic E-state index is 0.128. The topological polar surface area (TPSA) is 52.2 Å². The number of fused-ring (bicyclic) bond motifs is 1. The largest absolute Gasteiger partial charge is 0.342 e. The number of hydrogen-bond acceptors (Lipinski definition) is 3. The second kappa shape index (κ2) is 8.79. The fraction of sp³-hybridized carbons (Fsp3) is 0.259. The summed E-state index contributed by atoms with van der Waals surface area (Å²) in [6.07, 6.45) is 1.02. The molecule has 1 fully saturated rings. The van der Waals surface area contributed by atoms with Crippen LogP contribution in [-0.2, 0) is 11.3 Å². The highest BCUT2D eigenvalue weighted by molar-refractivity contribution is 5.80. The van der Waals surface area contributed by atoms with Crippen molar-refractivity contribution in [1.29, 1.82) is 0 Å². The third-order valence-corrected chi connectivity index (χ3v) is 6.57. The van der Waals surface area contributed by atoms with E-state index in [2.05, 4.69) is 51.3 Å². The van der Waals surface area contributed by atoms with Crippen LogP contribution in [0.1, 0.15) is 18.9 Å². The summed E-state index contributed by atoms with van der Waals surface area (Å²) in [5.41, 5.74) is 5.91. The Hall–Kier alpha value is -3.51. The van der Waals surface area contributed by atoms with E-state index >= 15 is 0 Å². The standard InChI is InChI=1S/C27H27FN4O/c1-18(33)31(2)24-12-13-32(17-24)16-19-6-8-20(9-7-19)21-4-3-5-22(14-21)27-29-25-11-10-23(28)15-26(25)30-27/h3-11,14-15,24H,12-13,16-17H2,1-2H3,(H,29,30). The number of rotatable bonds is 5. The third kappa shape index (κ3) is 4.52. The number of imidazole rings is 1. The summed E-state index contributed by atoms with van der Waals surface area (Å²) < 4.78 is 13.5. The number of nitrogens with one attached hydrogen (secondary N) is 1. The van der Waals surface area contributed by atoms with Gasteiger partial charge in [-0.25, -0.2) is 9.37 Å². The van der Waals surface area contributed by atoms with Crippen molar-refractivity contribution >= 4 is 16.9 Å². The number of carbonyl (C=O) groups is 1. The van der Waals surface area contributed by atoms with Crippen molar-refractivity contribution in [3.8, 4) is 22.5 Å². The second-order valence-electron chi connectivity index (χ2n) is 8.83. The summed E-state index contributed by atoms with van der Waals surface area (Å²) in [5, 5.41) is 0. The van der Waals surface area contributed by atoms with Crippen molar-refractivity contribution in [2.75, 3.05) is 20.1 Å². The predicted octanol–water partition coefficient (Wildman–Crippen LogP) is 5.09. The number of amides is 1. The highest BCUT2D eigenvalue weighted by Gasteiger charge is 2.26. The zero-order valence-electron chi connectivity index (χ0n) is 18.9. The lowest BCUT2D eigenvalue weighted by atomic mass is 10.0. The lowest BCUT2D eigenvalue weighted by Gasteiger charge is -2.23. The van der Waals surface area contributed by atoms with E-state index in [1.807, 2.05) is 24.1 Å². The van der Waals surface area contributed by atoms with E-state index in [9.17, 15) is 9.18 Å². The van der Waals surface area contributed by atoms with Gasteiger partial charge in [-0.2, -0.15) is 0 Å². The highest BCUT2D eigenvalue weighted by Crippen LogP contribution is 2.27. The van der Waals surface area contributed by atoms with Gasteiger partial charge in [0.25, 0.3) is 0 Å². The molecule has 1 aliphatic heterocycles. The molecule has 0 bridgehead atoms. The number of carbonyl (C=O) groups excluding carboxylic acids is 1. The molecule has 0 radical (unpaired) electrons. The number of nitrogens with zero attached hydrogens (tertiary/aromatic N) is 3. The molecule has 2 heterocycles. The van der Waals surface area contributed by atoms with Crippen molar-refractivity contribution in [1.82, 2.24) is 19.8 Å². The van der Waals surface area contributed by atoms with E-state index < -0.39 is 0 Å². The lowest BCUT2D eigenvalue weighted by Crippen LogP contribution is -2.37. The number of H-pyrrole nitrogens is 1. The number of benzene rings is 3. The average Bonchev–Trinajstić information content (AvgIpc) is 3.46. The van der Waals surface area contributed by atoms with Gasteiger partial charge >= 0.3 is 0 Å². The first-order chi connectivity index (χ1) is 16.0. The summed E-state index contributed by atoms with van der Waals surface area (Å²) in [5.74, 6) is 0.582. The molecule has 1 saturated heterocycles. The summed E-state index contributed by atoms with van der Waals surface area (Å²) in [6, 6.07) is 21.7. The van der Waals surface area contributed by atoms with Gasteiger partial charge in [0.15, 0.2) is 0 Å². The first kappa shape index (κ1) is 21.3. The van der Waals surface area contributed by atoms with Gasteiger partial charge in [-0.1, -0.05) is 42.5 Å². The molecular weight excluding hydrogens is 415 g/mol. The maximum atomic E-state index is 13.5. The Bertz CT molecular complexity index is 1300. The van der Waals surface area contributed by atoms with E-state index in [1.54, 1.807) is 13.0 Å². The van der Waals surface area contributed by atoms with Crippen molar-refractivity contribution in [2.24, 2.45) is 0 Å². The maximum absolute atomic E-state index is 13.5. The molecule has 5 rings (SSSR count). The van der Waals surface area contributed by atoms with Crippen molar-refractivity contribution in [3.63, 3.8) is 0 Å². The molecule has 1 atom stereocenters.